The number of piperazine rings is 1. The Morgan fingerprint density at radius 2 is 1.85 bits per heavy atom. The second-order valence-corrected chi connectivity index (χ2v) is 7.22. The molecule has 1 atom stereocenters. The third-order valence-electron chi connectivity index (χ3n) is 5.54. The number of amides is 2. The lowest BCUT2D eigenvalue weighted by Crippen LogP contribution is -2.51. The van der Waals surface area contributed by atoms with Gasteiger partial charge in [0.1, 0.15) is 11.7 Å². The van der Waals surface area contributed by atoms with Crippen molar-refractivity contribution in [3.8, 4) is 0 Å². The molecule has 2 aromatic rings. The first-order valence-corrected chi connectivity index (χ1v) is 9.47. The molecule has 0 spiro atoms. The van der Waals surface area contributed by atoms with Gasteiger partial charge in [-0.2, -0.15) is 0 Å². The molecule has 0 radical (unpaired) electrons. The monoisotopic (exact) mass is 367 g/mol. The first-order chi connectivity index (χ1) is 13.1. The zero-order chi connectivity index (χ0) is 18.8. The van der Waals surface area contributed by atoms with Crippen LogP contribution in [-0.2, 0) is 23.2 Å². The molecule has 1 aromatic heterocycles. The third-order valence-corrected chi connectivity index (χ3v) is 5.54. The van der Waals surface area contributed by atoms with Gasteiger partial charge in [0.15, 0.2) is 0 Å². The summed E-state index contributed by atoms with van der Waals surface area (Å²) in [6.07, 6.45) is 4.35. The Kier molecular flexibility index (Phi) is 4.94. The van der Waals surface area contributed by atoms with Gasteiger partial charge in [-0.15, -0.1) is 0 Å². The van der Waals surface area contributed by atoms with Crippen molar-refractivity contribution >= 4 is 17.5 Å². The first kappa shape index (κ1) is 17.7. The van der Waals surface area contributed by atoms with Crippen LogP contribution in [-0.4, -0.2) is 63.9 Å². The number of carbonyl (C=O) groups excluding carboxylic acids is 2. The molecule has 2 fully saturated rings. The predicted octanol–water partition coefficient (Wildman–Crippen LogP) is 1.12. The number of benzene rings is 1. The summed E-state index contributed by atoms with van der Waals surface area (Å²) in [5.74, 6) is 0.405. The molecule has 0 aliphatic carbocycles. The maximum atomic E-state index is 12.9. The molecule has 0 N–H and O–H groups in total. The fourth-order valence-electron chi connectivity index (χ4n) is 3.87. The Morgan fingerprint density at radius 1 is 1.11 bits per heavy atom. The lowest BCUT2D eigenvalue weighted by atomic mass is 10.1. The van der Waals surface area contributed by atoms with Crippen LogP contribution >= 0.6 is 0 Å². The van der Waals surface area contributed by atoms with E-state index in [1.165, 1.54) is 0 Å². The van der Waals surface area contributed by atoms with Crippen molar-refractivity contribution in [3.05, 3.63) is 48.5 Å². The Balaban J connectivity index is 1.33. The number of nitrogens with zero attached hydrogens (tertiary/aromatic N) is 5. The van der Waals surface area contributed by atoms with Crippen LogP contribution in [0.25, 0.3) is 0 Å². The van der Waals surface area contributed by atoms with Crippen LogP contribution < -0.4 is 4.90 Å². The minimum Gasteiger partial charge on any atom is -0.339 e. The third kappa shape index (κ3) is 3.60. The van der Waals surface area contributed by atoms with Crippen LogP contribution in [0.5, 0.6) is 0 Å². The summed E-state index contributed by atoms with van der Waals surface area (Å²) < 4.78 is 2.02. The van der Waals surface area contributed by atoms with Gasteiger partial charge >= 0.3 is 0 Å². The topological polar surface area (TPSA) is 61.7 Å². The number of carbonyl (C=O) groups is 2. The van der Waals surface area contributed by atoms with Crippen molar-refractivity contribution < 1.29 is 9.59 Å². The van der Waals surface area contributed by atoms with Crippen LogP contribution in [0.3, 0.4) is 0 Å². The molecule has 7 heteroatoms. The minimum atomic E-state index is -0.536. The molecule has 2 aliphatic rings. The maximum Gasteiger partial charge on any atom is 0.239 e. The fraction of sp³-hybridized carbons (Fsp3) is 0.450. The van der Waals surface area contributed by atoms with Crippen molar-refractivity contribution in [1.82, 2.24) is 19.4 Å². The van der Waals surface area contributed by atoms with Crippen molar-refractivity contribution in [2.24, 2.45) is 13.0 Å². The van der Waals surface area contributed by atoms with Gasteiger partial charge in [0.2, 0.25) is 11.8 Å². The quantitative estimate of drug-likeness (QED) is 0.760. The largest absolute Gasteiger partial charge is 0.339 e. The molecule has 1 aromatic carbocycles. The molecule has 0 saturated carbocycles. The average molecular weight is 367 g/mol. The van der Waals surface area contributed by atoms with Gasteiger partial charge in [0.05, 0.1) is 6.54 Å². The zero-order valence-corrected chi connectivity index (χ0v) is 15.6. The Hall–Kier alpha value is -2.67. The zero-order valence-electron chi connectivity index (χ0n) is 15.6. The van der Waals surface area contributed by atoms with E-state index >= 15 is 0 Å². The summed E-state index contributed by atoms with van der Waals surface area (Å²) in [5, 5.41) is 0. The smallest absolute Gasteiger partial charge is 0.239 e. The number of aromatic nitrogens is 2. The number of imidazole rings is 1. The second-order valence-electron chi connectivity index (χ2n) is 7.22. The van der Waals surface area contributed by atoms with Crippen LogP contribution in [0.1, 0.15) is 12.2 Å². The van der Waals surface area contributed by atoms with Crippen LogP contribution in [0, 0.1) is 5.92 Å². The van der Waals surface area contributed by atoms with E-state index in [-0.39, 0.29) is 11.8 Å². The van der Waals surface area contributed by atoms with Gasteiger partial charge in [-0.25, -0.2) is 4.98 Å². The highest BCUT2D eigenvalue weighted by Crippen LogP contribution is 2.26. The lowest BCUT2D eigenvalue weighted by Gasteiger charge is -2.35. The van der Waals surface area contributed by atoms with Crippen molar-refractivity contribution in [2.45, 2.75) is 13.0 Å². The molecule has 27 heavy (non-hydrogen) atoms. The summed E-state index contributed by atoms with van der Waals surface area (Å²) in [4.78, 5) is 35.9. The molecule has 2 saturated heterocycles. The van der Waals surface area contributed by atoms with Gasteiger partial charge < -0.3 is 14.4 Å². The van der Waals surface area contributed by atoms with Crippen LogP contribution in [0.2, 0.25) is 0 Å². The average Bonchev–Trinajstić information content (AvgIpc) is 3.28. The van der Waals surface area contributed by atoms with E-state index in [0.29, 0.717) is 26.1 Å². The molecule has 4 rings (SSSR count). The maximum absolute atomic E-state index is 12.9. The molecule has 2 aliphatic heterocycles. The molecule has 142 valence electrons. The van der Waals surface area contributed by atoms with Crippen LogP contribution in [0.4, 0.5) is 5.69 Å². The van der Waals surface area contributed by atoms with E-state index in [1.54, 1.807) is 11.1 Å². The van der Waals surface area contributed by atoms with Crippen molar-refractivity contribution in [2.75, 3.05) is 37.6 Å². The summed E-state index contributed by atoms with van der Waals surface area (Å²) in [7, 11) is 1.99. The number of hydrogen-bond donors (Lipinski definition) is 0. The van der Waals surface area contributed by atoms with Crippen LogP contribution in [0.15, 0.2) is 42.7 Å². The molecular formula is C20H25N5O2. The predicted molar refractivity (Wildman–Crippen MR) is 102 cm³/mol. The molecule has 0 bridgehead atoms. The fourth-order valence-corrected chi connectivity index (χ4v) is 3.87. The highest BCUT2D eigenvalue weighted by molar-refractivity contribution is 6.09. The van der Waals surface area contributed by atoms with Gasteiger partial charge in [-0.1, -0.05) is 18.2 Å². The van der Waals surface area contributed by atoms with E-state index in [9.17, 15) is 9.59 Å². The standard InChI is InChI=1S/C20H25N5O2/c1-22-10-8-21-18(22)15-23-11-13-24(14-12-23)19(26)17-7-9-25(20(17)27)16-5-3-2-4-6-16/h2-6,8,10,17H,7,9,11-15H2,1H3/t17-/m1/s1. The van der Waals surface area contributed by atoms with Gasteiger partial charge in [0.25, 0.3) is 0 Å². The first-order valence-electron chi connectivity index (χ1n) is 9.47. The Labute approximate surface area is 159 Å². The highest BCUT2D eigenvalue weighted by atomic mass is 16.2. The number of hydrogen-bond acceptors (Lipinski definition) is 4. The van der Waals surface area contributed by atoms with Crippen molar-refractivity contribution in [1.29, 1.82) is 0 Å². The number of para-hydroxylation sites is 1. The summed E-state index contributed by atoms with van der Waals surface area (Å²) in [6, 6.07) is 9.59. The number of anilines is 1. The van der Waals surface area contributed by atoms with Crippen molar-refractivity contribution in [3.63, 3.8) is 0 Å². The van der Waals surface area contributed by atoms with E-state index in [1.807, 2.05) is 53.0 Å². The number of rotatable bonds is 4. The minimum absolute atomic E-state index is 0.0185. The SMILES string of the molecule is Cn1ccnc1CN1CCN(C(=O)[C@H]2CCN(c3ccccc3)C2=O)CC1. The Bertz CT molecular complexity index is 811. The molecule has 0 unspecified atom stereocenters. The van der Waals surface area contributed by atoms with Gasteiger partial charge in [0, 0.05) is 57.9 Å². The normalized spacial score (nSPS) is 21.1. The number of aryl methyl sites for hydroxylation is 1. The molecule has 7 nitrogen and oxygen atoms in total. The molecule has 3 heterocycles. The second kappa shape index (κ2) is 7.52. The van der Waals surface area contributed by atoms with Gasteiger partial charge in [-0.05, 0) is 18.6 Å². The van der Waals surface area contributed by atoms with Gasteiger partial charge in [-0.3, -0.25) is 14.5 Å². The molecular weight excluding hydrogens is 342 g/mol. The Morgan fingerprint density at radius 3 is 2.52 bits per heavy atom. The summed E-state index contributed by atoms with van der Waals surface area (Å²) in [6.45, 7) is 4.34. The molecule has 2 amide bonds. The van der Waals surface area contributed by atoms with E-state index in [4.69, 9.17) is 0 Å². The highest BCUT2D eigenvalue weighted by Gasteiger charge is 2.40. The van der Waals surface area contributed by atoms with E-state index in [2.05, 4.69) is 9.88 Å². The van der Waals surface area contributed by atoms with E-state index in [0.717, 1.165) is 31.1 Å². The summed E-state index contributed by atoms with van der Waals surface area (Å²) >= 11 is 0. The van der Waals surface area contributed by atoms with E-state index < -0.39 is 5.92 Å². The lowest BCUT2D eigenvalue weighted by molar-refractivity contribution is -0.141. The summed E-state index contributed by atoms with van der Waals surface area (Å²) in [5.41, 5.74) is 0.873.